The van der Waals surface area contributed by atoms with Crippen LogP contribution in [0.4, 0.5) is 5.69 Å². The Morgan fingerprint density at radius 3 is 2.71 bits per heavy atom. The molecule has 1 unspecified atom stereocenters. The van der Waals surface area contributed by atoms with Gasteiger partial charge in [0.2, 0.25) is 11.9 Å². The maximum Gasteiger partial charge on any atom is 0.251 e. The van der Waals surface area contributed by atoms with Crippen molar-refractivity contribution in [1.29, 1.82) is 0 Å². The molecule has 0 saturated heterocycles. The van der Waals surface area contributed by atoms with Crippen LogP contribution in [0.2, 0.25) is 0 Å². The highest BCUT2D eigenvalue weighted by Crippen LogP contribution is 2.24. The summed E-state index contributed by atoms with van der Waals surface area (Å²) in [6.07, 6.45) is 2.71. The number of hydrogen-bond acceptors (Lipinski definition) is 7. The summed E-state index contributed by atoms with van der Waals surface area (Å²) in [6, 6.07) is 7.01. The van der Waals surface area contributed by atoms with Crippen molar-refractivity contribution in [3.05, 3.63) is 41.6 Å². The molecule has 2 amide bonds. The van der Waals surface area contributed by atoms with Crippen molar-refractivity contribution >= 4 is 35.1 Å². The number of aliphatic imine (C=N–C) groups is 2. The molecule has 146 valence electrons. The zero-order chi connectivity index (χ0) is 20.1. The van der Waals surface area contributed by atoms with Crippen LogP contribution in [-0.2, 0) is 9.59 Å². The minimum Gasteiger partial charge on any atom is -0.381 e. The molecule has 5 N–H and O–H groups in total. The molecule has 9 heteroatoms. The van der Waals surface area contributed by atoms with E-state index in [0.717, 1.165) is 11.3 Å². The van der Waals surface area contributed by atoms with E-state index in [1.165, 1.54) is 6.92 Å². The predicted octanol–water partition coefficient (Wildman–Crippen LogP) is 0.554. The molecule has 0 bridgehead atoms. The first kappa shape index (κ1) is 19.3. The molecule has 0 fully saturated rings. The van der Waals surface area contributed by atoms with Gasteiger partial charge in [-0.3, -0.25) is 14.9 Å². The van der Waals surface area contributed by atoms with Gasteiger partial charge in [-0.1, -0.05) is 0 Å². The lowest BCUT2D eigenvalue weighted by Crippen LogP contribution is -2.47. The minimum atomic E-state index is -0.528. The van der Waals surface area contributed by atoms with Gasteiger partial charge in [0.25, 0.3) is 5.91 Å². The van der Waals surface area contributed by atoms with E-state index in [1.54, 1.807) is 30.5 Å². The summed E-state index contributed by atoms with van der Waals surface area (Å²) < 4.78 is 0. The Bertz CT molecular complexity index is 885. The summed E-state index contributed by atoms with van der Waals surface area (Å²) in [5.41, 5.74) is 7.67. The molecule has 2 aliphatic rings. The molecule has 1 aromatic carbocycles. The Morgan fingerprint density at radius 1 is 1.25 bits per heavy atom. The lowest BCUT2D eigenvalue weighted by molar-refractivity contribution is -0.121. The molecule has 0 saturated carbocycles. The third-order valence-electron chi connectivity index (χ3n) is 4.37. The molecular formula is C19H22N6O3. The number of amides is 2. The van der Waals surface area contributed by atoms with Crippen molar-refractivity contribution in [3.8, 4) is 0 Å². The zero-order valence-corrected chi connectivity index (χ0v) is 15.5. The highest BCUT2D eigenvalue weighted by atomic mass is 16.2. The second kappa shape index (κ2) is 8.47. The number of benzene rings is 1. The van der Waals surface area contributed by atoms with E-state index in [1.807, 2.05) is 0 Å². The van der Waals surface area contributed by atoms with Crippen LogP contribution in [0.25, 0.3) is 0 Å². The van der Waals surface area contributed by atoms with E-state index in [9.17, 15) is 14.4 Å². The molecule has 0 aromatic heterocycles. The zero-order valence-electron chi connectivity index (χ0n) is 15.5. The Kier molecular flexibility index (Phi) is 5.83. The minimum absolute atomic E-state index is 0.0535. The maximum atomic E-state index is 12.1. The summed E-state index contributed by atoms with van der Waals surface area (Å²) >= 11 is 0. The van der Waals surface area contributed by atoms with Crippen LogP contribution in [-0.4, -0.2) is 42.5 Å². The Morgan fingerprint density at radius 2 is 2.00 bits per heavy atom. The van der Waals surface area contributed by atoms with Gasteiger partial charge in [-0.25, -0.2) is 4.99 Å². The van der Waals surface area contributed by atoms with Gasteiger partial charge < -0.3 is 21.2 Å². The number of amidine groups is 1. The van der Waals surface area contributed by atoms with Crippen LogP contribution in [0.15, 0.2) is 46.0 Å². The van der Waals surface area contributed by atoms with Crippen LogP contribution in [0.5, 0.6) is 0 Å². The van der Waals surface area contributed by atoms with E-state index in [-0.39, 0.29) is 23.6 Å². The summed E-state index contributed by atoms with van der Waals surface area (Å²) in [7, 11) is 0. The molecule has 1 atom stereocenters. The molecule has 2 heterocycles. The average Bonchev–Trinajstić information content (AvgIpc) is 3.06. The summed E-state index contributed by atoms with van der Waals surface area (Å²) in [5, 5.41) is 8.50. The first-order valence-electron chi connectivity index (χ1n) is 8.97. The molecular weight excluding hydrogens is 360 g/mol. The summed E-state index contributed by atoms with van der Waals surface area (Å²) in [5.74, 6) is -0.386. The van der Waals surface area contributed by atoms with Gasteiger partial charge >= 0.3 is 0 Å². The fraction of sp³-hybridized carbons (Fsp3) is 0.316. The van der Waals surface area contributed by atoms with Gasteiger partial charge in [0, 0.05) is 37.0 Å². The van der Waals surface area contributed by atoms with E-state index in [2.05, 4.69) is 25.9 Å². The van der Waals surface area contributed by atoms with Gasteiger partial charge in [-0.2, -0.15) is 4.99 Å². The van der Waals surface area contributed by atoms with Crippen LogP contribution >= 0.6 is 0 Å². The highest BCUT2D eigenvalue weighted by Gasteiger charge is 2.35. The second-order valence-corrected chi connectivity index (χ2v) is 6.60. The van der Waals surface area contributed by atoms with Crippen LogP contribution in [0.1, 0.15) is 30.1 Å². The number of Topliss-reactive ketones (excluding diaryl/α,β-unsaturated/α-hetero) is 1. The maximum absolute atomic E-state index is 12.1. The van der Waals surface area contributed by atoms with Crippen molar-refractivity contribution in [2.24, 2.45) is 21.6 Å². The van der Waals surface area contributed by atoms with E-state index >= 15 is 0 Å². The molecule has 0 radical (unpaired) electrons. The van der Waals surface area contributed by atoms with Crippen molar-refractivity contribution < 1.29 is 14.4 Å². The number of fused-ring (bicyclic) bond motifs is 1. The summed E-state index contributed by atoms with van der Waals surface area (Å²) in [4.78, 5) is 43.3. The molecule has 0 aliphatic carbocycles. The highest BCUT2D eigenvalue weighted by molar-refractivity contribution is 6.19. The fourth-order valence-electron chi connectivity index (χ4n) is 2.93. The van der Waals surface area contributed by atoms with Gasteiger partial charge in [0.15, 0.2) is 0 Å². The van der Waals surface area contributed by atoms with Crippen molar-refractivity contribution in [2.75, 3.05) is 18.4 Å². The number of anilines is 1. The lowest BCUT2D eigenvalue weighted by Gasteiger charge is -2.20. The first-order chi connectivity index (χ1) is 13.4. The van der Waals surface area contributed by atoms with E-state index in [0.29, 0.717) is 37.3 Å². The molecule has 9 nitrogen and oxygen atoms in total. The third kappa shape index (κ3) is 4.61. The third-order valence-corrected chi connectivity index (χ3v) is 4.37. The molecule has 28 heavy (non-hydrogen) atoms. The van der Waals surface area contributed by atoms with Crippen molar-refractivity contribution in [2.45, 2.75) is 19.8 Å². The number of ketones is 1. The van der Waals surface area contributed by atoms with Crippen LogP contribution < -0.4 is 21.7 Å². The predicted molar refractivity (Wildman–Crippen MR) is 106 cm³/mol. The SMILES string of the molecule is CC(=O)CCCNC(=O)c1ccc(NCC2=CN=C3N=C(N)NC(=O)C23)cc1. The van der Waals surface area contributed by atoms with Crippen LogP contribution in [0.3, 0.4) is 0 Å². The quantitative estimate of drug-likeness (QED) is 0.487. The number of nitrogens with zero attached hydrogens (tertiary/aromatic N) is 2. The smallest absolute Gasteiger partial charge is 0.251 e. The van der Waals surface area contributed by atoms with E-state index in [4.69, 9.17) is 5.73 Å². The van der Waals surface area contributed by atoms with E-state index < -0.39 is 5.92 Å². The van der Waals surface area contributed by atoms with Gasteiger partial charge in [-0.15, -0.1) is 0 Å². The summed E-state index contributed by atoms with van der Waals surface area (Å²) in [6.45, 7) is 2.41. The van der Waals surface area contributed by atoms with Crippen LogP contribution in [0, 0.1) is 5.92 Å². The number of rotatable bonds is 8. The largest absolute Gasteiger partial charge is 0.381 e. The standard InChI is InChI=1S/C19H22N6O3/c1-11(26)3-2-8-21-17(27)12-4-6-14(7-5-12)22-9-13-10-23-16-15(13)18(28)25-19(20)24-16/h4-7,10,15,22H,2-3,8-9H2,1H3,(H,21,27)(H3,20,23,24,25,28). The number of nitrogens with one attached hydrogen (secondary N) is 3. The van der Waals surface area contributed by atoms with Gasteiger partial charge in [-0.05, 0) is 43.2 Å². The Balaban J connectivity index is 1.49. The molecule has 2 aliphatic heterocycles. The Hall–Kier alpha value is -3.49. The number of nitrogens with two attached hydrogens (primary N) is 1. The fourth-order valence-corrected chi connectivity index (χ4v) is 2.93. The lowest BCUT2D eigenvalue weighted by atomic mass is 9.98. The van der Waals surface area contributed by atoms with Crippen molar-refractivity contribution in [3.63, 3.8) is 0 Å². The molecule has 0 spiro atoms. The second-order valence-electron chi connectivity index (χ2n) is 6.60. The van der Waals surface area contributed by atoms with Gasteiger partial charge in [0.05, 0.1) is 0 Å². The molecule has 1 aromatic rings. The number of hydrogen-bond donors (Lipinski definition) is 4. The average molecular weight is 382 g/mol. The molecule has 3 rings (SSSR count). The monoisotopic (exact) mass is 382 g/mol. The first-order valence-corrected chi connectivity index (χ1v) is 8.97. The number of guanidine groups is 1. The van der Waals surface area contributed by atoms with Crippen molar-refractivity contribution in [1.82, 2.24) is 10.6 Å². The Labute approximate surface area is 162 Å². The normalized spacial score (nSPS) is 17.7. The number of carbonyl (C=O) groups excluding carboxylic acids is 3. The topological polar surface area (TPSA) is 138 Å². The van der Waals surface area contributed by atoms with Gasteiger partial charge in [0.1, 0.15) is 17.5 Å². The number of carbonyl (C=O) groups is 3.